The molecule has 0 N–H and O–H groups in total. The molecule has 18 heavy (non-hydrogen) atoms. The topological polar surface area (TPSA) is 48.4 Å². The summed E-state index contributed by atoms with van der Waals surface area (Å²) in [6, 6.07) is 1.12. The molecular formula is C9H6F4INO3. The minimum absolute atomic E-state index is 0.0458. The van der Waals surface area contributed by atoms with E-state index in [4.69, 9.17) is 0 Å². The van der Waals surface area contributed by atoms with E-state index in [1.54, 1.807) is 22.6 Å². The van der Waals surface area contributed by atoms with Crippen molar-refractivity contribution < 1.29 is 31.8 Å². The summed E-state index contributed by atoms with van der Waals surface area (Å²) in [7, 11) is 1.03. The van der Waals surface area contributed by atoms with E-state index in [1.165, 1.54) is 0 Å². The maximum Gasteiger partial charge on any atom is 0.574 e. The third-order valence-electron chi connectivity index (χ3n) is 1.81. The molecule has 1 heterocycles. The fourth-order valence-corrected chi connectivity index (χ4v) is 1.66. The Morgan fingerprint density at radius 2 is 2.11 bits per heavy atom. The first-order chi connectivity index (χ1) is 8.28. The van der Waals surface area contributed by atoms with Gasteiger partial charge in [0.15, 0.2) is 0 Å². The summed E-state index contributed by atoms with van der Waals surface area (Å²) in [4.78, 5) is 14.7. The zero-order valence-corrected chi connectivity index (χ0v) is 11.0. The molecule has 0 unspecified atom stereocenters. The summed E-state index contributed by atoms with van der Waals surface area (Å²) < 4.78 is 57.0. The van der Waals surface area contributed by atoms with E-state index in [2.05, 4.69) is 14.5 Å². The number of alkyl halides is 4. The van der Waals surface area contributed by atoms with Gasteiger partial charge >= 0.3 is 12.3 Å². The third kappa shape index (κ3) is 3.68. The molecule has 0 aromatic carbocycles. The van der Waals surface area contributed by atoms with Crippen molar-refractivity contribution >= 4 is 28.6 Å². The van der Waals surface area contributed by atoms with Crippen LogP contribution in [-0.4, -0.2) is 24.4 Å². The normalized spacial score (nSPS) is 11.2. The molecule has 0 fully saturated rings. The van der Waals surface area contributed by atoms with E-state index in [1.807, 2.05) is 0 Å². The molecule has 1 aromatic heterocycles. The highest BCUT2D eigenvalue weighted by Crippen LogP contribution is 2.29. The van der Waals surface area contributed by atoms with Gasteiger partial charge in [0.05, 0.1) is 18.2 Å². The van der Waals surface area contributed by atoms with Crippen LogP contribution in [-0.2, 0) is 11.4 Å². The minimum Gasteiger partial charge on any atom is -0.465 e. The van der Waals surface area contributed by atoms with Crippen molar-refractivity contribution in [3.8, 4) is 5.88 Å². The summed E-state index contributed by atoms with van der Waals surface area (Å²) >= 11 is 1.58. The first-order valence-electron chi connectivity index (χ1n) is 4.38. The van der Waals surface area contributed by atoms with Gasteiger partial charge in [0.25, 0.3) is 0 Å². The highest BCUT2D eigenvalue weighted by molar-refractivity contribution is 14.1. The second kappa shape index (κ2) is 5.67. The lowest BCUT2D eigenvalue weighted by Crippen LogP contribution is -2.20. The molecule has 0 aliphatic heterocycles. The number of pyridine rings is 1. The standard InChI is InChI=1S/C9H6F4INO3/c1-17-8(16)4-2-6(14)15-7(5(4)3-10)18-9(11,12)13/h2H,3H2,1H3. The molecule has 0 aliphatic rings. The van der Waals surface area contributed by atoms with Crippen LogP contribution < -0.4 is 4.74 Å². The molecule has 100 valence electrons. The Morgan fingerprint density at radius 1 is 1.50 bits per heavy atom. The average Bonchev–Trinajstić information content (AvgIpc) is 2.25. The van der Waals surface area contributed by atoms with Crippen LogP contribution >= 0.6 is 22.6 Å². The lowest BCUT2D eigenvalue weighted by molar-refractivity contribution is -0.276. The number of methoxy groups -OCH3 is 1. The number of hydrogen-bond donors (Lipinski definition) is 0. The fourth-order valence-electron chi connectivity index (χ4n) is 1.13. The third-order valence-corrected chi connectivity index (χ3v) is 2.36. The smallest absolute Gasteiger partial charge is 0.465 e. The number of nitrogens with zero attached hydrogens (tertiary/aromatic N) is 1. The first kappa shape index (κ1) is 14.9. The monoisotopic (exact) mass is 379 g/mol. The number of halogens is 5. The maximum atomic E-state index is 12.8. The molecule has 0 aliphatic carbocycles. The first-order valence-corrected chi connectivity index (χ1v) is 5.45. The van der Waals surface area contributed by atoms with Gasteiger partial charge < -0.3 is 9.47 Å². The van der Waals surface area contributed by atoms with Crippen LogP contribution in [0.4, 0.5) is 17.6 Å². The molecule has 0 bridgehead atoms. The predicted octanol–water partition coefficient (Wildman–Crippen LogP) is 2.84. The van der Waals surface area contributed by atoms with E-state index < -0.39 is 30.4 Å². The number of rotatable bonds is 3. The van der Waals surface area contributed by atoms with Gasteiger partial charge in [-0.3, -0.25) is 0 Å². The second-order valence-corrected chi connectivity index (χ2v) is 4.05. The van der Waals surface area contributed by atoms with Crippen molar-refractivity contribution in [3.05, 3.63) is 20.9 Å². The van der Waals surface area contributed by atoms with Gasteiger partial charge in [0.2, 0.25) is 5.88 Å². The van der Waals surface area contributed by atoms with Crippen molar-refractivity contribution in [2.75, 3.05) is 7.11 Å². The zero-order chi connectivity index (χ0) is 13.9. The number of carbonyl (C=O) groups is 1. The van der Waals surface area contributed by atoms with E-state index in [9.17, 15) is 22.4 Å². The average molecular weight is 379 g/mol. The molecular weight excluding hydrogens is 373 g/mol. The highest BCUT2D eigenvalue weighted by Gasteiger charge is 2.34. The van der Waals surface area contributed by atoms with Crippen molar-refractivity contribution in [1.82, 2.24) is 4.98 Å². The Labute approximate surface area is 112 Å². The van der Waals surface area contributed by atoms with Crippen molar-refractivity contribution in [2.45, 2.75) is 13.0 Å². The molecule has 0 radical (unpaired) electrons. The summed E-state index contributed by atoms with van der Waals surface area (Å²) in [6.45, 7) is -1.33. The van der Waals surface area contributed by atoms with Crippen LogP contribution in [0.25, 0.3) is 0 Å². The zero-order valence-electron chi connectivity index (χ0n) is 8.85. The molecule has 0 saturated heterocycles. The van der Waals surface area contributed by atoms with E-state index in [0.29, 0.717) is 0 Å². The number of aromatic nitrogens is 1. The second-order valence-electron chi connectivity index (χ2n) is 2.95. The molecule has 0 amide bonds. The Balaban J connectivity index is 3.33. The van der Waals surface area contributed by atoms with Gasteiger partial charge in [-0.05, 0) is 28.7 Å². The maximum absolute atomic E-state index is 12.8. The predicted molar refractivity (Wildman–Crippen MR) is 59.8 cm³/mol. The van der Waals surface area contributed by atoms with Gasteiger partial charge in [-0.2, -0.15) is 0 Å². The molecule has 9 heteroatoms. The van der Waals surface area contributed by atoms with Crippen molar-refractivity contribution in [1.29, 1.82) is 0 Å². The van der Waals surface area contributed by atoms with Gasteiger partial charge in [-0.15, -0.1) is 13.2 Å². The lowest BCUT2D eigenvalue weighted by Gasteiger charge is -2.13. The van der Waals surface area contributed by atoms with E-state index >= 15 is 0 Å². The van der Waals surface area contributed by atoms with Crippen molar-refractivity contribution in [3.63, 3.8) is 0 Å². The van der Waals surface area contributed by atoms with Crippen LogP contribution in [0.5, 0.6) is 5.88 Å². The van der Waals surface area contributed by atoms with Gasteiger partial charge in [-0.1, -0.05) is 0 Å². The molecule has 1 rings (SSSR count). The van der Waals surface area contributed by atoms with Gasteiger partial charge in [0, 0.05) is 0 Å². The van der Waals surface area contributed by atoms with Gasteiger partial charge in [0.1, 0.15) is 10.4 Å². The molecule has 0 saturated carbocycles. The van der Waals surface area contributed by atoms with Crippen LogP contribution in [0.15, 0.2) is 6.07 Å². The Hall–Kier alpha value is -1.13. The molecule has 0 atom stereocenters. The summed E-state index contributed by atoms with van der Waals surface area (Å²) in [5.41, 5.74) is -0.946. The van der Waals surface area contributed by atoms with Crippen LogP contribution in [0.2, 0.25) is 0 Å². The van der Waals surface area contributed by atoms with Crippen LogP contribution in [0, 0.1) is 3.70 Å². The van der Waals surface area contributed by atoms with E-state index in [-0.39, 0.29) is 9.26 Å². The largest absolute Gasteiger partial charge is 0.574 e. The summed E-state index contributed by atoms with van der Waals surface area (Å²) in [6.07, 6.45) is -5.02. The van der Waals surface area contributed by atoms with E-state index in [0.717, 1.165) is 13.2 Å². The number of ether oxygens (including phenoxy) is 2. The summed E-state index contributed by atoms with van der Waals surface area (Å²) in [5, 5.41) is 0. The van der Waals surface area contributed by atoms with Gasteiger partial charge in [-0.25, -0.2) is 14.2 Å². The molecule has 1 aromatic rings. The van der Waals surface area contributed by atoms with Crippen molar-refractivity contribution in [2.24, 2.45) is 0 Å². The molecule has 4 nitrogen and oxygen atoms in total. The van der Waals surface area contributed by atoms with Crippen LogP contribution in [0.1, 0.15) is 15.9 Å². The summed E-state index contributed by atoms with van der Waals surface area (Å²) in [5.74, 6) is -1.95. The Morgan fingerprint density at radius 3 is 2.56 bits per heavy atom. The number of esters is 1. The SMILES string of the molecule is COC(=O)c1cc(I)nc(OC(F)(F)F)c1CF. The molecule has 0 spiro atoms. The number of hydrogen-bond acceptors (Lipinski definition) is 4. The van der Waals surface area contributed by atoms with Crippen LogP contribution in [0.3, 0.4) is 0 Å². The lowest BCUT2D eigenvalue weighted by atomic mass is 10.1. The Bertz CT molecular complexity index is 464. The Kier molecular flexibility index (Phi) is 4.71. The quantitative estimate of drug-likeness (QED) is 0.351. The highest BCUT2D eigenvalue weighted by atomic mass is 127. The minimum atomic E-state index is -5.02. The fraction of sp³-hybridized carbons (Fsp3) is 0.333. The number of carbonyl (C=O) groups excluding carboxylic acids is 1.